The molecule has 2 aromatic carbocycles. The molecule has 0 saturated heterocycles. The Morgan fingerprint density at radius 1 is 0.786 bits per heavy atom. The van der Waals surface area contributed by atoms with Crippen molar-refractivity contribution >= 4 is 0 Å². The van der Waals surface area contributed by atoms with Crippen LogP contribution >= 0.6 is 0 Å². The largest absolute Gasteiger partial charge is 0.488 e. The van der Waals surface area contributed by atoms with Gasteiger partial charge in [-0.15, -0.1) is 0 Å². The van der Waals surface area contributed by atoms with Gasteiger partial charge in [-0.3, -0.25) is 0 Å². The van der Waals surface area contributed by atoms with Crippen molar-refractivity contribution in [1.29, 1.82) is 0 Å². The van der Waals surface area contributed by atoms with Crippen LogP contribution in [0.5, 0.6) is 11.5 Å². The van der Waals surface area contributed by atoms with Gasteiger partial charge in [0.15, 0.2) is 0 Å². The Morgan fingerprint density at radius 3 is 2.11 bits per heavy atom. The predicted molar refractivity (Wildman–Crippen MR) is 111 cm³/mol. The second-order valence-electron chi connectivity index (χ2n) is 8.38. The molecular formula is C22H28N2O4. The van der Waals surface area contributed by atoms with Crippen LogP contribution in [0.4, 0.5) is 0 Å². The molecular weight excluding hydrogens is 356 g/mol. The first kappa shape index (κ1) is 21.5. The highest BCUT2D eigenvalue weighted by Gasteiger charge is 2.25. The summed E-state index contributed by atoms with van der Waals surface area (Å²) in [6.07, 6.45) is 0.579. The predicted octanol–water partition coefficient (Wildman–Crippen LogP) is 5.80. The number of rotatable bonds is 9. The number of nitroso groups, excluding NO2 is 2. The zero-order chi connectivity index (χ0) is 20.8. The second-order valence-corrected chi connectivity index (χ2v) is 8.38. The van der Waals surface area contributed by atoms with Crippen molar-refractivity contribution in [2.45, 2.75) is 65.3 Å². The van der Waals surface area contributed by atoms with E-state index in [9.17, 15) is 9.81 Å². The van der Waals surface area contributed by atoms with Gasteiger partial charge in [0, 0.05) is 12.0 Å². The van der Waals surface area contributed by atoms with Crippen molar-refractivity contribution in [3.05, 3.63) is 69.0 Å². The number of hydrogen-bond donors (Lipinski definition) is 0. The third kappa shape index (κ3) is 6.44. The van der Waals surface area contributed by atoms with Gasteiger partial charge in [0.1, 0.15) is 35.8 Å². The number of para-hydroxylation sites is 1. The van der Waals surface area contributed by atoms with Crippen LogP contribution in [0.2, 0.25) is 0 Å². The summed E-state index contributed by atoms with van der Waals surface area (Å²) in [5.41, 5.74) is 1.60. The van der Waals surface area contributed by atoms with Gasteiger partial charge in [0.05, 0.1) is 0 Å². The van der Waals surface area contributed by atoms with Gasteiger partial charge < -0.3 is 9.47 Å². The van der Waals surface area contributed by atoms with Gasteiger partial charge in [-0.1, -0.05) is 40.7 Å². The molecule has 6 nitrogen and oxygen atoms in total. The van der Waals surface area contributed by atoms with Gasteiger partial charge in [-0.2, -0.15) is 9.81 Å². The average molecular weight is 384 g/mol. The fraction of sp³-hybridized carbons (Fsp3) is 0.455. The molecule has 28 heavy (non-hydrogen) atoms. The lowest BCUT2D eigenvalue weighted by atomic mass is 9.96. The van der Waals surface area contributed by atoms with E-state index < -0.39 is 5.60 Å². The van der Waals surface area contributed by atoms with Crippen molar-refractivity contribution in [2.75, 3.05) is 0 Å². The van der Waals surface area contributed by atoms with E-state index in [4.69, 9.17) is 9.47 Å². The molecule has 150 valence electrons. The lowest BCUT2D eigenvalue weighted by molar-refractivity contribution is 0.101. The summed E-state index contributed by atoms with van der Waals surface area (Å²) in [6, 6.07) is 13.1. The molecule has 0 aliphatic carbocycles. The Labute approximate surface area is 166 Å². The average Bonchev–Trinajstić information content (AvgIpc) is 2.58. The molecule has 0 aromatic heterocycles. The Balaban J connectivity index is 2.29. The van der Waals surface area contributed by atoms with Crippen LogP contribution in [-0.2, 0) is 19.5 Å². The minimum atomic E-state index is -0.556. The van der Waals surface area contributed by atoms with Gasteiger partial charge in [0.2, 0.25) is 0 Å². The van der Waals surface area contributed by atoms with Crippen molar-refractivity contribution in [3.8, 4) is 11.5 Å². The molecule has 0 atom stereocenters. The van der Waals surface area contributed by atoms with E-state index >= 15 is 0 Å². The lowest BCUT2D eigenvalue weighted by Gasteiger charge is -2.30. The smallest absolute Gasteiger partial charge is 0.125 e. The summed E-state index contributed by atoms with van der Waals surface area (Å²) >= 11 is 0. The topological polar surface area (TPSA) is 77.3 Å². The number of benzene rings is 2. The minimum Gasteiger partial charge on any atom is -0.488 e. The molecule has 6 heteroatoms. The molecule has 0 aliphatic rings. The molecule has 0 saturated carbocycles. The first-order valence-corrected chi connectivity index (χ1v) is 9.29. The summed E-state index contributed by atoms with van der Waals surface area (Å²) in [4.78, 5) is 21.3. The first-order chi connectivity index (χ1) is 13.1. The summed E-state index contributed by atoms with van der Waals surface area (Å²) < 4.78 is 12.4. The maximum absolute atomic E-state index is 10.7. The van der Waals surface area contributed by atoms with E-state index in [0.717, 1.165) is 16.7 Å². The fourth-order valence-electron chi connectivity index (χ4n) is 2.94. The standard InChI is InChI=1S/C22H28N2O4/c1-21(2,3)27-20-12-16(14-23-25)10-11-17(20)13-22(4,5)28-19-9-7-6-8-18(19)15-24-26/h6-12H,13-15H2,1-5H3. The van der Waals surface area contributed by atoms with Crippen molar-refractivity contribution < 1.29 is 9.47 Å². The Hall–Kier alpha value is -2.76. The maximum Gasteiger partial charge on any atom is 0.125 e. The van der Waals surface area contributed by atoms with Crippen LogP contribution in [-0.4, -0.2) is 11.2 Å². The molecule has 2 aromatic rings. The monoisotopic (exact) mass is 384 g/mol. The summed E-state index contributed by atoms with van der Waals surface area (Å²) in [5, 5.41) is 5.94. The maximum atomic E-state index is 10.7. The summed E-state index contributed by atoms with van der Waals surface area (Å²) in [7, 11) is 0. The van der Waals surface area contributed by atoms with E-state index in [-0.39, 0.29) is 18.7 Å². The normalized spacial score (nSPS) is 11.8. The molecule has 0 bridgehead atoms. The van der Waals surface area contributed by atoms with E-state index in [0.29, 0.717) is 17.9 Å². The van der Waals surface area contributed by atoms with E-state index in [1.165, 1.54) is 0 Å². The summed E-state index contributed by atoms with van der Waals surface area (Å²) in [5.74, 6) is 1.36. The van der Waals surface area contributed by atoms with Gasteiger partial charge >= 0.3 is 0 Å². The van der Waals surface area contributed by atoms with E-state index in [2.05, 4.69) is 10.4 Å². The third-order valence-corrected chi connectivity index (χ3v) is 4.00. The third-order valence-electron chi connectivity index (χ3n) is 4.00. The fourth-order valence-corrected chi connectivity index (χ4v) is 2.94. The molecule has 0 radical (unpaired) electrons. The number of ether oxygens (including phenoxy) is 2. The highest BCUT2D eigenvalue weighted by atomic mass is 16.5. The number of hydrogen-bond acceptors (Lipinski definition) is 6. The highest BCUT2D eigenvalue weighted by Crippen LogP contribution is 2.31. The van der Waals surface area contributed by atoms with Crippen LogP contribution in [0.25, 0.3) is 0 Å². The van der Waals surface area contributed by atoms with Gasteiger partial charge in [0.25, 0.3) is 0 Å². The van der Waals surface area contributed by atoms with Gasteiger partial charge in [-0.05, 0) is 57.9 Å². The molecule has 0 fully saturated rings. The molecule has 0 spiro atoms. The summed E-state index contributed by atoms with van der Waals surface area (Å²) in [6.45, 7) is 10.1. The highest BCUT2D eigenvalue weighted by molar-refractivity contribution is 5.40. The van der Waals surface area contributed by atoms with Crippen molar-refractivity contribution in [2.24, 2.45) is 10.4 Å². The molecule has 0 amide bonds. The van der Waals surface area contributed by atoms with Gasteiger partial charge in [-0.25, -0.2) is 0 Å². The Bertz CT molecular complexity index is 826. The minimum absolute atomic E-state index is 0.0675. The van der Waals surface area contributed by atoms with Crippen LogP contribution < -0.4 is 9.47 Å². The zero-order valence-electron chi connectivity index (χ0n) is 17.2. The second kappa shape index (κ2) is 8.95. The van der Waals surface area contributed by atoms with Crippen LogP contribution in [0.1, 0.15) is 51.3 Å². The SMILES string of the molecule is CC(C)(C)Oc1cc(CN=O)ccc1CC(C)(C)Oc1ccccc1CN=O. The number of nitrogens with zero attached hydrogens (tertiary/aromatic N) is 2. The van der Waals surface area contributed by atoms with Crippen LogP contribution in [0, 0.1) is 9.81 Å². The van der Waals surface area contributed by atoms with E-state index in [1.54, 1.807) is 0 Å². The Kier molecular flexibility index (Phi) is 6.89. The molecule has 0 heterocycles. The Morgan fingerprint density at radius 2 is 1.46 bits per heavy atom. The van der Waals surface area contributed by atoms with E-state index in [1.807, 2.05) is 77.1 Å². The zero-order valence-corrected chi connectivity index (χ0v) is 17.2. The lowest BCUT2D eigenvalue weighted by Crippen LogP contribution is -2.32. The quantitative estimate of drug-likeness (QED) is 0.512. The first-order valence-electron chi connectivity index (χ1n) is 9.29. The van der Waals surface area contributed by atoms with Crippen LogP contribution in [0.3, 0.4) is 0 Å². The van der Waals surface area contributed by atoms with Crippen molar-refractivity contribution in [3.63, 3.8) is 0 Å². The molecule has 0 N–H and O–H groups in total. The molecule has 2 rings (SSSR count). The molecule has 0 aliphatic heterocycles. The van der Waals surface area contributed by atoms with Crippen LogP contribution in [0.15, 0.2) is 52.8 Å². The molecule has 0 unspecified atom stereocenters. The van der Waals surface area contributed by atoms with Crippen molar-refractivity contribution in [1.82, 2.24) is 0 Å².